The Morgan fingerprint density at radius 3 is 2.61 bits per heavy atom. The van der Waals surface area contributed by atoms with E-state index in [9.17, 15) is 18.3 Å². The highest BCUT2D eigenvalue weighted by atomic mass is 32.2. The normalized spacial score (nSPS) is 37.4. The summed E-state index contributed by atoms with van der Waals surface area (Å²) in [7, 11) is -3.68. The molecule has 7 heteroatoms. The van der Waals surface area contributed by atoms with Crippen LogP contribution in [-0.4, -0.2) is 25.5 Å². The maximum absolute atomic E-state index is 12.8. The highest BCUT2D eigenvalue weighted by Crippen LogP contribution is 2.79. The van der Waals surface area contributed by atoms with Crippen LogP contribution in [0.3, 0.4) is 0 Å². The molecule has 3 atom stereocenters. The summed E-state index contributed by atoms with van der Waals surface area (Å²) in [5.41, 5.74) is -0.839. The highest BCUT2D eigenvalue weighted by Gasteiger charge is 2.83. The lowest BCUT2D eigenvalue weighted by molar-refractivity contribution is -0.144. The van der Waals surface area contributed by atoms with Gasteiger partial charge in [0.05, 0.1) is 5.41 Å². The first-order chi connectivity index (χ1) is 10.9. The van der Waals surface area contributed by atoms with Crippen molar-refractivity contribution >= 4 is 37.4 Å². The van der Waals surface area contributed by atoms with Crippen molar-refractivity contribution in [3.63, 3.8) is 0 Å². The number of carboxylic acid groups (broad SMARTS) is 1. The van der Waals surface area contributed by atoms with E-state index in [-0.39, 0.29) is 22.0 Å². The van der Waals surface area contributed by atoms with E-state index in [0.29, 0.717) is 0 Å². The number of fused-ring (bicyclic) bond motifs is 1. The molecule has 4 aliphatic carbocycles. The maximum atomic E-state index is 12.8. The van der Waals surface area contributed by atoms with E-state index < -0.39 is 27.4 Å². The van der Waals surface area contributed by atoms with Crippen LogP contribution in [0.1, 0.15) is 12.8 Å². The number of carboxylic acids is 1. The second-order valence-electron chi connectivity index (χ2n) is 6.88. The maximum Gasteiger partial charge on any atom is 0.311 e. The van der Waals surface area contributed by atoms with Gasteiger partial charge in [0.2, 0.25) is 10.0 Å². The SMILES string of the molecule is O=C(O)C12C3CC(CC31)C2NS(=O)(=O)c1cc2ccccc2s1. The van der Waals surface area contributed by atoms with Gasteiger partial charge in [0.25, 0.3) is 0 Å². The molecule has 2 aromatic rings. The number of thiophene rings is 1. The van der Waals surface area contributed by atoms with Crippen molar-refractivity contribution in [2.45, 2.75) is 23.1 Å². The molecule has 4 aliphatic rings. The molecule has 0 radical (unpaired) electrons. The van der Waals surface area contributed by atoms with Crippen LogP contribution in [0.5, 0.6) is 0 Å². The first kappa shape index (κ1) is 13.9. The van der Waals surface area contributed by atoms with Crippen LogP contribution >= 0.6 is 11.3 Å². The summed E-state index contributed by atoms with van der Waals surface area (Å²) in [6.07, 6.45) is 1.69. The molecule has 3 unspecified atom stereocenters. The zero-order valence-electron chi connectivity index (χ0n) is 12.1. The van der Waals surface area contributed by atoms with Crippen molar-refractivity contribution in [2.24, 2.45) is 23.2 Å². The number of nitrogens with one attached hydrogen (secondary N) is 1. The molecule has 4 bridgehead atoms. The first-order valence-corrected chi connectivity index (χ1v) is 9.99. The molecule has 5 nitrogen and oxygen atoms in total. The number of sulfonamides is 1. The van der Waals surface area contributed by atoms with Crippen LogP contribution < -0.4 is 4.72 Å². The van der Waals surface area contributed by atoms with Gasteiger partial charge in [0.1, 0.15) is 4.21 Å². The van der Waals surface area contributed by atoms with Crippen molar-refractivity contribution in [2.75, 3.05) is 0 Å². The van der Waals surface area contributed by atoms with Gasteiger partial charge in [-0.2, -0.15) is 0 Å². The fourth-order valence-corrected chi connectivity index (χ4v) is 7.88. The monoisotopic (exact) mass is 349 g/mol. The Morgan fingerprint density at radius 1 is 1.26 bits per heavy atom. The minimum atomic E-state index is -3.68. The third-order valence-corrected chi connectivity index (χ3v) is 9.05. The Morgan fingerprint density at radius 2 is 1.96 bits per heavy atom. The summed E-state index contributed by atoms with van der Waals surface area (Å²) < 4.78 is 29.4. The molecule has 4 fully saturated rings. The Bertz CT molecular complexity index is 903. The topological polar surface area (TPSA) is 83.5 Å². The van der Waals surface area contributed by atoms with E-state index in [1.807, 2.05) is 24.3 Å². The zero-order chi connectivity index (χ0) is 16.0. The average Bonchev–Trinajstić information content (AvgIpc) is 3.00. The van der Waals surface area contributed by atoms with E-state index in [1.165, 1.54) is 11.3 Å². The molecule has 1 heterocycles. The zero-order valence-corrected chi connectivity index (χ0v) is 13.7. The van der Waals surface area contributed by atoms with E-state index in [2.05, 4.69) is 4.72 Å². The van der Waals surface area contributed by atoms with E-state index in [0.717, 1.165) is 22.9 Å². The van der Waals surface area contributed by atoms with Gasteiger partial charge in [0, 0.05) is 10.7 Å². The summed E-state index contributed by atoms with van der Waals surface area (Å²) in [6.45, 7) is 0. The van der Waals surface area contributed by atoms with Gasteiger partial charge < -0.3 is 5.11 Å². The molecule has 6 rings (SSSR count). The quantitative estimate of drug-likeness (QED) is 0.887. The smallest absolute Gasteiger partial charge is 0.311 e. The van der Waals surface area contributed by atoms with Gasteiger partial charge >= 0.3 is 5.97 Å². The lowest BCUT2D eigenvalue weighted by atomic mass is 9.99. The molecular formula is C16H15NO4S2. The van der Waals surface area contributed by atoms with Crippen LogP contribution in [0.15, 0.2) is 34.5 Å². The van der Waals surface area contributed by atoms with Crippen molar-refractivity contribution in [3.8, 4) is 0 Å². The van der Waals surface area contributed by atoms with Gasteiger partial charge in [0.15, 0.2) is 0 Å². The Balaban J connectivity index is 1.51. The second kappa shape index (κ2) is 4.15. The Kier molecular flexibility index (Phi) is 2.51. The Labute approximate surface area is 137 Å². The Hall–Kier alpha value is -1.44. The molecule has 120 valence electrons. The van der Waals surface area contributed by atoms with Crippen LogP contribution in [0, 0.1) is 23.2 Å². The largest absolute Gasteiger partial charge is 0.481 e. The van der Waals surface area contributed by atoms with Crippen molar-refractivity contribution < 1.29 is 18.3 Å². The van der Waals surface area contributed by atoms with E-state index >= 15 is 0 Å². The van der Waals surface area contributed by atoms with Crippen LogP contribution in [-0.2, 0) is 14.8 Å². The lowest BCUT2D eigenvalue weighted by Gasteiger charge is -2.21. The summed E-state index contributed by atoms with van der Waals surface area (Å²) in [5, 5.41) is 10.5. The van der Waals surface area contributed by atoms with Crippen molar-refractivity contribution in [3.05, 3.63) is 30.3 Å². The number of rotatable bonds is 4. The molecule has 0 saturated heterocycles. The van der Waals surface area contributed by atoms with Gasteiger partial charge in [-0.3, -0.25) is 4.79 Å². The van der Waals surface area contributed by atoms with Crippen molar-refractivity contribution in [1.29, 1.82) is 0 Å². The number of carbonyl (C=O) groups is 1. The molecule has 1 aromatic heterocycles. The van der Waals surface area contributed by atoms with E-state index in [1.54, 1.807) is 6.07 Å². The predicted molar refractivity (Wildman–Crippen MR) is 85.7 cm³/mol. The van der Waals surface area contributed by atoms with Crippen LogP contribution in [0.25, 0.3) is 10.1 Å². The minimum absolute atomic E-state index is 0.167. The second-order valence-corrected chi connectivity index (χ2v) is 9.91. The van der Waals surface area contributed by atoms with Gasteiger partial charge in [-0.15, -0.1) is 11.3 Å². The molecule has 0 aliphatic heterocycles. The fraction of sp³-hybridized carbons (Fsp3) is 0.438. The number of aliphatic carboxylic acids is 1. The third kappa shape index (κ3) is 1.60. The lowest BCUT2D eigenvalue weighted by Crippen LogP contribution is -2.44. The third-order valence-electron chi connectivity index (χ3n) is 6.02. The summed E-state index contributed by atoms with van der Waals surface area (Å²) in [6, 6.07) is 8.74. The van der Waals surface area contributed by atoms with Crippen molar-refractivity contribution in [1.82, 2.24) is 4.72 Å². The number of hydrogen-bond acceptors (Lipinski definition) is 4. The minimum Gasteiger partial charge on any atom is -0.481 e. The summed E-state index contributed by atoms with van der Waals surface area (Å²) in [4.78, 5) is 11.7. The molecule has 0 spiro atoms. The molecule has 4 saturated carbocycles. The van der Waals surface area contributed by atoms with Gasteiger partial charge in [-0.25, -0.2) is 13.1 Å². The molecular weight excluding hydrogens is 334 g/mol. The predicted octanol–water partition coefficient (Wildman–Crippen LogP) is 2.29. The van der Waals surface area contributed by atoms with Crippen LogP contribution in [0.2, 0.25) is 0 Å². The molecule has 1 aromatic carbocycles. The fourth-order valence-electron chi connectivity index (χ4n) is 5.11. The van der Waals surface area contributed by atoms with Gasteiger partial charge in [-0.1, -0.05) is 18.2 Å². The number of hydrogen-bond donors (Lipinski definition) is 2. The molecule has 2 N–H and O–H groups in total. The average molecular weight is 349 g/mol. The highest BCUT2D eigenvalue weighted by molar-refractivity contribution is 7.91. The summed E-state index contributed by atoms with van der Waals surface area (Å²) >= 11 is 1.23. The van der Waals surface area contributed by atoms with Crippen LogP contribution in [0.4, 0.5) is 0 Å². The number of benzene rings is 1. The molecule has 0 amide bonds. The van der Waals surface area contributed by atoms with E-state index in [4.69, 9.17) is 0 Å². The standard InChI is InChI=1S/C16H15NO4S2/c18-15(19)16-10-5-9(6-11(10)16)14(16)17-23(20,21)13-7-8-3-1-2-4-12(8)22-13/h1-4,7,9-11,14,17H,5-6H2,(H,18,19). The summed E-state index contributed by atoms with van der Waals surface area (Å²) in [5.74, 6) is -0.331. The molecule has 23 heavy (non-hydrogen) atoms. The first-order valence-electron chi connectivity index (χ1n) is 7.69. The van der Waals surface area contributed by atoms with Gasteiger partial charge in [-0.05, 0) is 48.1 Å².